The van der Waals surface area contributed by atoms with Gasteiger partial charge in [-0.15, -0.1) is 0 Å². The largest absolute Gasteiger partial charge is 0.370 e. The Hall–Kier alpha value is -2.11. The van der Waals surface area contributed by atoms with Gasteiger partial charge in [-0.05, 0) is 18.6 Å². The van der Waals surface area contributed by atoms with Gasteiger partial charge in [-0.25, -0.2) is 0 Å². The van der Waals surface area contributed by atoms with Crippen molar-refractivity contribution in [2.24, 2.45) is 0 Å². The van der Waals surface area contributed by atoms with Gasteiger partial charge in [-0.3, -0.25) is 15.1 Å². The summed E-state index contributed by atoms with van der Waals surface area (Å²) in [6, 6.07) is 3.78. The summed E-state index contributed by atoms with van der Waals surface area (Å²) in [6.07, 6.45) is 4.40. The molecule has 0 aromatic carbocycles. The Bertz CT molecular complexity index is 405. The van der Waals surface area contributed by atoms with E-state index in [9.17, 15) is 10.1 Å². The molecule has 1 aromatic heterocycles. The number of pyridine rings is 1. The van der Waals surface area contributed by atoms with Crippen LogP contribution in [0.3, 0.4) is 0 Å². The number of hydrogen-bond donors (Lipinski definition) is 1. The summed E-state index contributed by atoms with van der Waals surface area (Å²) >= 11 is 0. The molecular weight excluding hydrogens is 220 g/mol. The molecule has 1 atom stereocenters. The summed E-state index contributed by atoms with van der Waals surface area (Å²) in [5.74, 6) is 0.450. The van der Waals surface area contributed by atoms with Crippen molar-refractivity contribution in [3.8, 4) is 0 Å². The number of nitro groups is 1. The lowest BCUT2D eigenvalue weighted by Gasteiger charge is -2.27. The van der Waals surface area contributed by atoms with Crippen LogP contribution < -0.4 is 5.32 Å². The predicted octanol–water partition coefficient (Wildman–Crippen LogP) is 1.37. The highest BCUT2D eigenvalue weighted by Gasteiger charge is 2.16. The van der Waals surface area contributed by atoms with E-state index in [4.69, 9.17) is 0 Å². The molecule has 1 unspecified atom stereocenters. The minimum Gasteiger partial charge on any atom is -0.370 e. The quantitative estimate of drug-likeness (QED) is 0.617. The van der Waals surface area contributed by atoms with Crippen molar-refractivity contribution in [2.45, 2.75) is 13.0 Å². The molecule has 0 spiro atoms. The van der Waals surface area contributed by atoms with Crippen LogP contribution in [0.25, 0.3) is 0 Å². The zero-order valence-corrected chi connectivity index (χ0v) is 10.1. The monoisotopic (exact) mass is 236 g/mol. The van der Waals surface area contributed by atoms with Gasteiger partial charge in [0.05, 0.1) is 11.0 Å². The molecule has 92 valence electrons. The molecule has 0 saturated heterocycles. The van der Waals surface area contributed by atoms with E-state index in [-0.39, 0.29) is 6.04 Å². The Kier molecular flexibility index (Phi) is 4.45. The van der Waals surface area contributed by atoms with Crippen molar-refractivity contribution in [1.29, 1.82) is 0 Å². The van der Waals surface area contributed by atoms with Gasteiger partial charge in [0.1, 0.15) is 0 Å². The number of rotatable bonds is 5. The van der Waals surface area contributed by atoms with Crippen LogP contribution >= 0.6 is 0 Å². The standard InChI is InChI=1S/C11H16N4O2/c1-9(10-5-4-6-13-7-10)14(3)11(12-2)8-15(16)17/h4-9,12H,1-3H3/b11-8+. The first-order chi connectivity index (χ1) is 8.06. The van der Waals surface area contributed by atoms with Crippen LogP contribution in [0.1, 0.15) is 18.5 Å². The number of nitrogens with zero attached hydrogens (tertiary/aromatic N) is 3. The minimum atomic E-state index is -0.474. The molecule has 6 nitrogen and oxygen atoms in total. The molecule has 6 heteroatoms. The SMILES string of the molecule is CN/C(=C\[N+](=O)[O-])N(C)C(C)c1cccnc1. The minimum absolute atomic E-state index is 0.00218. The summed E-state index contributed by atoms with van der Waals surface area (Å²) in [6.45, 7) is 1.96. The first kappa shape index (κ1) is 13.0. The summed E-state index contributed by atoms with van der Waals surface area (Å²) in [5, 5.41) is 13.3. The molecule has 0 bridgehead atoms. The van der Waals surface area contributed by atoms with Gasteiger partial charge in [0.2, 0.25) is 0 Å². The fourth-order valence-corrected chi connectivity index (χ4v) is 1.49. The second-order valence-electron chi connectivity index (χ2n) is 3.62. The molecule has 0 amide bonds. The van der Waals surface area contributed by atoms with Crippen LogP contribution in [0.4, 0.5) is 0 Å². The molecule has 1 N–H and O–H groups in total. The van der Waals surface area contributed by atoms with Gasteiger partial charge < -0.3 is 10.2 Å². The van der Waals surface area contributed by atoms with E-state index in [0.717, 1.165) is 11.8 Å². The van der Waals surface area contributed by atoms with Gasteiger partial charge in [-0.2, -0.15) is 0 Å². The van der Waals surface area contributed by atoms with Crippen LogP contribution in [0, 0.1) is 10.1 Å². The average molecular weight is 236 g/mol. The second kappa shape index (κ2) is 5.83. The molecule has 1 heterocycles. The summed E-state index contributed by atoms with van der Waals surface area (Å²) in [5.41, 5.74) is 1.000. The van der Waals surface area contributed by atoms with Crippen molar-refractivity contribution < 1.29 is 4.92 Å². The predicted molar refractivity (Wildman–Crippen MR) is 64.6 cm³/mol. The summed E-state index contributed by atoms with van der Waals surface area (Å²) in [4.78, 5) is 15.8. The summed E-state index contributed by atoms with van der Waals surface area (Å²) in [7, 11) is 3.45. The van der Waals surface area contributed by atoms with Gasteiger partial charge in [0.25, 0.3) is 6.20 Å². The molecule has 1 rings (SSSR count). The maximum Gasteiger partial charge on any atom is 0.274 e. The third-order valence-electron chi connectivity index (χ3n) is 2.61. The van der Waals surface area contributed by atoms with E-state index in [2.05, 4.69) is 10.3 Å². The zero-order valence-electron chi connectivity index (χ0n) is 10.1. The van der Waals surface area contributed by atoms with Gasteiger partial charge >= 0.3 is 0 Å². The van der Waals surface area contributed by atoms with Crippen LogP contribution in [0.2, 0.25) is 0 Å². The van der Waals surface area contributed by atoms with Crippen molar-refractivity contribution in [3.05, 3.63) is 52.2 Å². The topological polar surface area (TPSA) is 71.3 Å². The Morgan fingerprint density at radius 1 is 1.71 bits per heavy atom. The number of hydrogen-bond acceptors (Lipinski definition) is 5. The van der Waals surface area contributed by atoms with E-state index in [1.807, 2.05) is 19.1 Å². The molecule has 17 heavy (non-hydrogen) atoms. The number of nitrogens with one attached hydrogen (secondary N) is 1. The fourth-order valence-electron chi connectivity index (χ4n) is 1.49. The molecule has 0 saturated carbocycles. The Balaban J connectivity index is 2.89. The third-order valence-corrected chi connectivity index (χ3v) is 2.61. The van der Waals surface area contributed by atoms with Crippen molar-refractivity contribution in [3.63, 3.8) is 0 Å². The Labute approximate surface area is 100 Å². The van der Waals surface area contributed by atoms with E-state index in [1.54, 1.807) is 31.4 Å². The molecule has 1 aromatic rings. The van der Waals surface area contributed by atoms with E-state index < -0.39 is 4.92 Å². The zero-order chi connectivity index (χ0) is 12.8. The molecule has 0 radical (unpaired) electrons. The van der Waals surface area contributed by atoms with Crippen LogP contribution in [-0.4, -0.2) is 28.9 Å². The van der Waals surface area contributed by atoms with Crippen molar-refractivity contribution in [1.82, 2.24) is 15.2 Å². The highest BCUT2D eigenvalue weighted by molar-refractivity contribution is 5.15. The fraction of sp³-hybridized carbons (Fsp3) is 0.364. The Morgan fingerprint density at radius 2 is 2.41 bits per heavy atom. The molecule has 0 aliphatic carbocycles. The van der Waals surface area contributed by atoms with Gasteiger partial charge in [0.15, 0.2) is 5.82 Å². The van der Waals surface area contributed by atoms with E-state index in [1.165, 1.54) is 0 Å². The van der Waals surface area contributed by atoms with Gasteiger partial charge in [-0.1, -0.05) is 6.07 Å². The number of aromatic nitrogens is 1. The third kappa shape index (κ3) is 3.44. The molecule has 0 aliphatic heterocycles. The van der Waals surface area contributed by atoms with E-state index >= 15 is 0 Å². The summed E-state index contributed by atoms with van der Waals surface area (Å²) < 4.78 is 0. The smallest absolute Gasteiger partial charge is 0.274 e. The lowest BCUT2D eigenvalue weighted by molar-refractivity contribution is -0.404. The molecular formula is C11H16N4O2. The highest BCUT2D eigenvalue weighted by atomic mass is 16.6. The first-order valence-corrected chi connectivity index (χ1v) is 5.22. The highest BCUT2D eigenvalue weighted by Crippen LogP contribution is 2.20. The second-order valence-corrected chi connectivity index (χ2v) is 3.62. The van der Waals surface area contributed by atoms with Crippen LogP contribution in [-0.2, 0) is 0 Å². The lowest BCUT2D eigenvalue weighted by atomic mass is 10.1. The normalized spacial score (nSPS) is 13.0. The van der Waals surface area contributed by atoms with Crippen molar-refractivity contribution in [2.75, 3.05) is 14.1 Å². The molecule has 0 aliphatic rings. The van der Waals surface area contributed by atoms with Crippen LogP contribution in [0.5, 0.6) is 0 Å². The molecule has 0 fully saturated rings. The lowest BCUT2D eigenvalue weighted by Crippen LogP contribution is -2.29. The van der Waals surface area contributed by atoms with E-state index in [0.29, 0.717) is 5.82 Å². The maximum absolute atomic E-state index is 10.5. The van der Waals surface area contributed by atoms with Crippen molar-refractivity contribution >= 4 is 0 Å². The van der Waals surface area contributed by atoms with Gasteiger partial charge in [0, 0.05) is 26.5 Å². The maximum atomic E-state index is 10.5. The van der Waals surface area contributed by atoms with Crippen LogP contribution in [0.15, 0.2) is 36.5 Å². The Morgan fingerprint density at radius 3 is 2.88 bits per heavy atom. The average Bonchev–Trinajstić information content (AvgIpc) is 2.35. The first-order valence-electron chi connectivity index (χ1n) is 5.22.